The summed E-state index contributed by atoms with van der Waals surface area (Å²) in [4.78, 5) is 21.4. The molecule has 1 saturated carbocycles. The molecule has 2 unspecified atom stereocenters. The summed E-state index contributed by atoms with van der Waals surface area (Å²) in [7, 11) is 2.20. The zero-order chi connectivity index (χ0) is 20.1. The van der Waals surface area contributed by atoms with Gasteiger partial charge in [-0.05, 0) is 63.8 Å². The molecule has 2 aliphatic heterocycles. The van der Waals surface area contributed by atoms with Gasteiger partial charge in [0, 0.05) is 29.1 Å². The van der Waals surface area contributed by atoms with Crippen LogP contribution >= 0.6 is 11.6 Å². The molecule has 1 aliphatic carbocycles. The van der Waals surface area contributed by atoms with Gasteiger partial charge in [-0.1, -0.05) is 23.2 Å². The molecule has 0 spiro atoms. The zero-order valence-corrected chi connectivity index (χ0v) is 17.3. The van der Waals surface area contributed by atoms with Gasteiger partial charge in [-0.15, -0.1) is 0 Å². The molecule has 2 bridgehead atoms. The van der Waals surface area contributed by atoms with Gasteiger partial charge in [-0.2, -0.15) is 4.98 Å². The van der Waals surface area contributed by atoms with E-state index >= 15 is 0 Å². The van der Waals surface area contributed by atoms with Crippen LogP contribution in [0.1, 0.15) is 56.7 Å². The summed E-state index contributed by atoms with van der Waals surface area (Å²) < 4.78 is 5.55. The number of nitrogens with zero attached hydrogens (tertiary/aromatic N) is 4. The van der Waals surface area contributed by atoms with Crippen molar-refractivity contribution < 1.29 is 9.32 Å². The third-order valence-electron chi connectivity index (χ3n) is 6.75. The topological polar surface area (TPSA) is 88.5 Å². The fourth-order valence-electron chi connectivity index (χ4n) is 5.03. The summed E-state index contributed by atoms with van der Waals surface area (Å²) in [6.45, 7) is 0. The van der Waals surface area contributed by atoms with Gasteiger partial charge in [-0.25, -0.2) is 4.79 Å². The third-order valence-corrected chi connectivity index (χ3v) is 6.99. The number of hydrogen-bond donors (Lipinski definition) is 1. The van der Waals surface area contributed by atoms with Crippen molar-refractivity contribution in [2.75, 3.05) is 11.9 Å². The Hall–Kier alpha value is -2.12. The van der Waals surface area contributed by atoms with E-state index in [-0.39, 0.29) is 6.04 Å². The molecule has 2 amide bonds. The summed E-state index contributed by atoms with van der Waals surface area (Å²) >= 11 is 6.32. The molecule has 1 aromatic carbocycles. The minimum Gasteiger partial charge on any atom is -0.351 e. The smallest absolute Gasteiger partial charge is 0.319 e. The number of rotatable bonds is 4. The number of nitrogens with two attached hydrogens (primary N) is 1. The van der Waals surface area contributed by atoms with E-state index in [4.69, 9.17) is 21.9 Å². The van der Waals surface area contributed by atoms with Gasteiger partial charge < -0.3 is 15.2 Å². The molecule has 2 N–H and O–H groups in total. The Balaban J connectivity index is 1.53. The van der Waals surface area contributed by atoms with Crippen LogP contribution in [0.4, 0.5) is 10.5 Å². The number of carbonyl (C=O) groups is 1. The monoisotopic (exact) mass is 415 g/mol. The standard InChI is InChI=1S/C21H26ClN5O2/c1-26-14-3-2-4-15(26)11-16(10-14)27(21(23)28)18-9-13(22)7-8-17(18)20-24-19(25-29-20)12-5-6-12/h7-9,12,14-16H,2-6,10-11H2,1H3,(H2,23,28). The number of urea groups is 1. The number of carbonyl (C=O) groups excluding carboxylic acids is 1. The van der Waals surface area contributed by atoms with Gasteiger partial charge in [0.2, 0.25) is 0 Å². The minimum absolute atomic E-state index is 0.0297. The van der Waals surface area contributed by atoms with Crippen molar-refractivity contribution in [1.29, 1.82) is 0 Å². The van der Waals surface area contributed by atoms with Crippen LogP contribution in [0.5, 0.6) is 0 Å². The highest BCUT2D eigenvalue weighted by molar-refractivity contribution is 6.31. The Morgan fingerprint density at radius 1 is 1.24 bits per heavy atom. The van der Waals surface area contributed by atoms with E-state index in [0.717, 1.165) is 44.3 Å². The maximum Gasteiger partial charge on any atom is 0.319 e. The van der Waals surface area contributed by atoms with Crippen LogP contribution in [0.25, 0.3) is 11.5 Å². The number of fused-ring (bicyclic) bond motifs is 2. The van der Waals surface area contributed by atoms with Crippen molar-refractivity contribution in [3.63, 3.8) is 0 Å². The molecule has 8 heteroatoms. The van der Waals surface area contributed by atoms with E-state index in [1.54, 1.807) is 17.0 Å². The second kappa shape index (κ2) is 7.29. The summed E-state index contributed by atoms with van der Waals surface area (Å²) in [5.41, 5.74) is 7.27. The van der Waals surface area contributed by atoms with Crippen molar-refractivity contribution >= 4 is 23.3 Å². The Kier molecular flexibility index (Phi) is 4.75. The number of halogens is 1. The number of anilines is 1. The molecule has 2 aromatic rings. The van der Waals surface area contributed by atoms with Gasteiger partial charge in [0.05, 0.1) is 11.3 Å². The third kappa shape index (κ3) is 3.51. The first-order valence-corrected chi connectivity index (χ1v) is 10.8. The SMILES string of the molecule is CN1C2CCCC1CC(N(C(N)=O)c1cc(Cl)ccc1-c1nc(C3CC3)no1)C2. The summed E-state index contributed by atoms with van der Waals surface area (Å²) in [6.07, 6.45) is 7.56. The molecule has 0 radical (unpaired) electrons. The molecular weight excluding hydrogens is 390 g/mol. The molecule has 1 aromatic heterocycles. The maximum atomic E-state index is 12.6. The van der Waals surface area contributed by atoms with Crippen LogP contribution in [0.3, 0.4) is 0 Å². The lowest BCUT2D eigenvalue weighted by Crippen LogP contribution is -2.57. The van der Waals surface area contributed by atoms with E-state index in [0.29, 0.717) is 40.2 Å². The lowest BCUT2D eigenvalue weighted by molar-refractivity contribution is 0.0564. The van der Waals surface area contributed by atoms with Crippen LogP contribution in [-0.4, -0.2) is 46.2 Å². The van der Waals surface area contributed by atoms with Crippen molar-refractivity contribution in [1.82, 2.24) is 15.0 Å². The lowest BCUT2D eigenvalue weighted by atomic mass is 9.81. The van der Waals surface area contributed by atoms with Gasteiger partial charge in [0.1, 0.15) is 0 Å². The molecule has 2 saturated heterocycles. The molecule has 3 aliphatic rings. The number of benzene rings is 1. The Bertz CT molecular complexity index is 914. The first kappa shape index (κ1) is 18.9. The van der Waals surface area contributed by atoms with E-state index in [1.165, 1.54) is 6.42 Å². The Morgan fingerprint density at radius 3 is 2.62 bits per heavy atom. The number of amides is 2. The molecule has 7 nitrogen and oxygen atoms in total. The summed E-state index contributed by atoms with van der Waals surface area (Å²) in [6, 6.07) is 5.92. The van der Waals surface area contributed by atoms with Crippen LogP contribution in [0.15, 0.2) is 22.7 Å². The number of hydrogen-bond acceptors (Lipinski definition) is 5. The van der Waals surface area contributed by atoms with E-state index in [1.807, 2.05) is 6.07 Å². The highest BCUT2D eigenvalue weighted by atomic mass is 35.5. The molecule has 5 rings (SSSR count). The fraction of sp³-hybridized carbons (Fsp3) is 0.571. The highest BCUT2D eigenvalue weighted by Gasteiger charge is 2.40. The van der Waals surface area contributed by atoms with Crippen LogP contribution < -0.4 is 10.6 Å². The first-order chi connectivity index (χ1) is 14.0. The Labute approximate surface area is 175 Å². The molecular formula is C21H26ClN5O2. The van der Waals surface area contributed by atoms with Crippen molar-refractivity contribution in [2.45, 2.75) is 69.0 Å². The molecule has 3 fully saturated rings. The average molecular weight is 416 g/mol. The zero-order valence-electron chi connectivity index (χ0n) is 16.6. The van der Waals surface area contributed by atoms with Gasteiger partial charge in [0.15, 0.2) is 5.82 Å². The van der Waals surface area contributed by atoms with Crippen molar-refractivity contribution in [3.05, 3.63) is 29.0 Å². The lowest BCUT2D eigenvalue weighted by Gasteiger charge is -2.49. The average Bonchev–Trinajstić information content (AvgIpc) is 3.40. The second-order valence-electron chi connectivity index (χ2n) is 8.63. The summed E-state index contributed by atoms with van der Waals surface area (Å²) in [5, 5.41) is 4.68. The quantitative estimate of drug-likeness (QED) is 0.809. The van der Waals surface area contributed by atoms with Crippen LogP contribution in [-0.2, 0) is 0 Å². The molecule has 3 heterocycles. The van der Waals surface area contributed by atoms with Crippen LogP contribution in [0.2, 0.25) is 5.02 Å². The molecule has 154 valence electrons. The maximum absolute atomic E-state index is 12.6. The normalized spacial score (nSPS) is 27.0. The van der Waals surface area contributed by atoms with Gasteiger partial charge >= 0.3 is 6.03 Å². The summed E-state index contributed by atoms with van der Waals surface area (Å²) in [5.74, 6) is 1.54. The fourth-order valence-corrected chi connectivity index (χ4v) is 5.20. The van der Waals surface area contributed by atoms with E-state index in [2.05, 4.69) is 22.1 Å². The van der Waals surface area contributed by atoms with E-state index < -0.39 is 6.03 Å². The predicted octanol–water partition coefficient (Wildman–Crippen LogP) is 4.17. The number of piperidine rings is 2. The largest absolute Gasteiger partial charge is 0.351 e. The van der Waals surface area contributed by atoms with Gasteiger partial charge in [0.25, 0.3) is 5.89 Å². The Morgan fingerprint density at radius 2 is 1.97 bits per heavy atom. The van der Waals surface area contributed by atoms with E-state index in [9.17, 15) is 4.79 Å². The second-order valence-corrected chi connectivity index (χ2v) is 9.07. The highest BCUT2D eigenvalue weighted by Crippen LogP contribution is 2.42. The number of aromatic nitrogens is 2. The van der Waals surface area contributed by atoms with Gasteiger partial charge in [-0.3, -0.25) is 4.90 Å². The van der Waals surface area contributed by atoms with Crippen molar-refractivity contribution in [3.8, 4) is 11.5 Å². The predicted molar refractivity (Wildman–Crippen MR) is 111 cm³/mol. The minimum atomic E-state index is -0.469. The number of primary amides is 1. The molecule has 2 atom stereocenters. The molecule has 29 heavy (non-hydrogen) atoms. The van der Waals surface area contributed by atoms with Crippen molar-refractivity contribution in [2.24, 2.45) is 5.73 Å². The first-order valence-electron chi connectivity index (χ1n) is 10.5. The van der Waals surface area contributed by atoms with Crippen LogP contribution in [0, 0.1) is 0 Å².